The average molecular weight is 277 g/mol. The van der Waals surface area contributed by atoms with Crippen LogP contribution in [0.4, 0.5) is 0 Å². The number of phenolic OH excluding ortho intramolecular Hbond substituents is 1. The number of unbranched alkanes of at least 4 members (excludes halogenated alkanes) is 6. The molecule has 3 nitrogen and oxygen atoms in total. The van der Waals surface area contributed by atoms with Gasteiger partial charge in [0.25, 0.3) is 0 Å². The molecule has 0 aromatic heterocycles. The van der Waals surface area contributed by atoms with Crippen LogP contribution in [0.1, 0.15) is 69.9 Å². The number of benzene rings is 1. The van der Waals surface area contributed by atoms with Crippen LogP contribution in [-0.2, 0) is 6.42 Å². The molecule has 0 radical (unpaired) electrons. The van der Waals surface area contributed by atoms with Crippen LogP contribution in [0.3, 0.4) is 0 Å². The summed E-state index contributed by atoms with van der Waals surface area (Å²) in [7, 11) is 0. The van der Waals surface area contributed by atoms with E-state index >= 15 is 0 Å². The van der Waals surface area contributed by atoms with Crippen molar-refractivity contribution in [2.24, 2.45) is 5.16 Å². The van der Waals surface area contributed by atoms with Gasteiger partial charge in [0.2, 0.25) is 0 Å². The van der Waals surface area contributed by atoms with E-state index in [9.17, 15) is 5.11 Å². The summed E-state index contributed by atoms with van der Waals surface area (Å²) in [6.07, 6.45) is 10.1. The van der Waals surface area contributed by atoms with E-state index in [1.807, 2.05) is 12.1 Å². The van der Waals surface area contributed by atoms with Crippen molar-refractivity contribution in [2.45, 2.75) is 65.2 Å². The van der Waals surface area contributed by atoms with Crippen molar-refractivity contribution in [2.75, 3.05) is 0 Å². The maximum absolute atomic E-state index is 9.74. The monoisotopic (exact) mass is 277 g/mol. The summed E-state index contributed by atoms with van der Waals surface area (Å²) < 4.78 is 0. The summed E-state index contributed by atoms with van der Waals surface area (Å²) in [4.78, 5) is 0. The number of rotatable bonds is 9. The van der Waals surface area contributed by atoms with Crippen LogP contribution in [-0.4, -0.2) is 16.0 Å². The number of nitrogens with zero attached hydrogens (tertiary/aromatic N) is 1. The zero-order valence-corrected chi connectivity index (χ0v) is 12.7. The second-order valence-corrected chi connectivity index (χ2v) is 5.41. The van der Waals surface area contributed by atoms with Gasteiger partial charge in [-0.3, -0.25) is 0 Å². The molecular weight excluding hydrogens is 250 g/mol. The summed E-state index contributed by atoms with van der Waals surface area (Å²) in [6, 6.07) is 5.54. The minimum atomic E-state index is 0.170. The van der Waals surface area contributed by atoms with Gasteiger partial charge in [-0.25, -0.2) is 0 Å². The molecule has 0 bridgehead atoms. The van der Waals surface area contributed by atoms with Gasteiger partial charge in [-0.15, -0.1) is 0 Å². The largest absolute Gasteiger partial charge is 0.507 e. The Kier molecular flexibility index (Phi) is 7.78. The second-order valence-electron chi connectivity index (χ2n) is 5.41. The first kappa shape index (κ1) is 16.5. The lowest BCUT2D eigenvalue weighted by atomic mass is 10.0. The Morgan fingerprint density at radius 2 is 1.70 bits per heavy atom. The fraction of sp³-hybridized carbons (Fsp3) is 0.588. The van der Waals surface area contributed by atoms with Crippen LogP contribution in [0, 0.1) is 0 Å². The molecule has 0 fully saturated rings. The quantitative estimate of drug-likeness (QED) is 0.292. The SMILES string of the molecule is CCCCCCCCCc1ccc(O)c(C(C)=NO)c1. The Bertz CT molecular complexity index is 427. The predicted octanol–water partition coefficient (Wildman–Crippen LogP) is 4.88. The number of phenols is 1. The van der Waals surface area contributed by atoms with Gasteiger partial charge >= 0.3 is 0 Å². The van der Waals surface area contributed by atoms with Crippen molar-refractivity contribution >= 4 is 5.71 Å². The minimum Gasteiger partial charge on any atom is -0.507 e. The Balaban J connectivity index is 2.37. The molecule has 0 spiro atoms. The average Bonchev–Trinajstić information content (AvgIpc) is 2.47. The van der Waals surface area contributed by atoms with Crippen molar-refractivity contribution in [1.82, 2.24) is 0 Å². The smallest absolute Gasteiger partial charge is 0.124 e. The predicted molar refractivity (Wildman–Crippen MR) is 83.8 cm³/mol. The van der Waals surface area contributed by atoms with Crippen LogP contribution in [0.15, 0.2) is 23.4 Å². The molecule has 112 valence electrons. The van der Waals surface area contributed by atoms with Crippen molar-refractivity contribution < 1.29 is 10.3 Å². The highest BCUT2D eigenvalue weighted by molar-refractivity contribution is 6.00. The van der Waals surface area contributed by atoms with E-state index in [1.165, 1.54) is 50.5 Å². The fourth-order valence-electron chi connectivity index (χ4n) is 2.37. The third-order valence-electron chi connectivity index (χ3n) is 3.67. The molecule has 0 heterocycles. The van der Waals surface area contributed by atoms with Gasteiger partial charge in [0, 0.05) is 5.56 Å². The molecule has 0 saturated heterocycles. The molecule has 0 amide bonds. The first-order chi connectivity index (χ1) is 9.69. The maximum atomic E-state index is 9.74. The summed E-state index contributed by atoms with van der Waals surface area (Å²) in [5, 5.41) is 21.7. The van der Waals surface area contributed by atoms with E-state index in [2.05, 4.69) is 12.1 Å². The van der Waals surface area contributed by atoms with Crippen LogP contribution in [0.2, 0.25) is 0 Å². The maximum Gasteiger partial charge on any atom is 0.124 e. The number of aryl methyl sites for hydroxylation is 1. The van der Waals surface area contributed by atoms with Crippen molar-refractivity contribution in [3.8, 4) is 5.75 Å². The molecular formula is C17H27NO2. The van der Waals surface area contributed by atoms with E-state index < -0.39 is 0 Å². The lowest BCUT2D eigenvalue weighted by Crippen LogP contribution is -1.97. The third-order valence-corrected chi connectivity index (χ3v) is 3.67. The summed E-state index contributed by atoms with van der Waals surface area (Å²) in [6.45, 7) is 3.92. The van der Waals surface area contributed by atoms with Gasteiger partial charge in [0.05, 0.1) is 5.71 Å². The highest BCUT2D eigenvalue weighted by Gasteiger charge is 2.06. The molecule has 3 heteroatoms. The van der Waals surface area contributed by atoms with E-state index in [0.29, 0.717) is 11.3 Å². The van der Waals surface area contributed by atoms with Gasteiger partial charge in [0.1, 0.15) is 5.75 Å². The van der Waals surface area contributed by atoms with Crippen molar-refractivity contribution in [1.29, 1.82) is 0 Å². The molecule has 0 atom stereocenters. The highest BCUT2D eigenvalue weighted by Crippen LogP contribution is 2.21. The Morgan fingerprint density at radius 1 is 1.05 bits per heavy atom. The third kappa shape index (κ3) is 5.64. The van der Waals surface area contributed by atoms with Gasteiger partial charge < -0.3 is 10.3 Å². The normalized spacial score (nSPS) is 11.8. The van der Waals surface area contributed by atoms with Crippen molar-refractivity contribution in [3.63, 3.8) is 0 Å². The van der Waals surface area contributed by atoms with E-state index in [1.54, 1.807) is 13.0 Å². The van der Waals surface area contributed by atoms with E-state index in [-0.39, 0.29) is 5.75 Å². The summed E-state index contributed by atoms with van der Waals surface area (Å²) in [5.74, 6) is 0.170. The van der Waals surface area contributed by atoms with Crippen LogP contribution >= 0.6 is 0 Å². The lowest BCUT2D eigenvalue weighted by molar-refractivity contribution is 0.318. The Morgan fingerprint density at radius 3 is 2.35 bits per heavy atom. The number of hydrogen-bond acceptors (Lipinski definition) is 3. The molecule has 1 rings (SSSR count). The molecule has 1 aromatic rings. The minimum absolute atomic E-state index is 0.170. The second kappa shape index (κ2) is 9.40. The molecule has 0 aliphatic heterocycles. The molecule has 2 N–H and O–H groups in total. The van der Waals surface area contributed by atoms with Crippen molar-refractivity contribution in [3.05, 3.63) is 29.3 Å². The Labute approximate surface area is 122 Å². The number of oxime groups is 1. The summed E-state index contributed by atoms with van der Waals surface area (Å²) >= 11 is 0. The van der Waals surface area contributed by atoms with Crippen LogP contribution < -0.4 is 0 Å². The standard InChI is InChI=1S/C17H27NO2/c1-3-4-5-6-7-8-9-10-15-11-12-17(19)16(13-15)14(2)18-20/h11-13,19-20H,3-10H2,1-2H3. The van der Waals surface area contributed by atoms with Gasteiger partial charge in [-0.2, -0.15) is 0 Å². The topological polar surface area (TPSA) is 52.8 Å². The summed E-state index contributed by atoms with van der Waals surface area (Å²) in [5.41, 5.74) is 2.26. The highest BCUT2D eigenvalue weighted by atomic mass is 16.4. The molecule has 0 saturated carbocycles. The fourth-order valence-corrected chi connectivity index (χ4v) is 2.37. The van der Waals surface area contributed by atoms with Crippen LogP contribution in [0.5, 0.6) is 5.75 Å². The van der Waals surface area contributed by atoms with E-state index in [0.717, 1.165) is 6.42 Å². The van der Waals surface area contributed by atoms with E-state index in [4.69, 9.17) is 5.21 Å². The molecule has 0 unspecified atom stereocenters. The van der Waals surface area contributed by atoms with Gasteiger partial charge in [-0.05, 0) is 37.5 Å². The molecule has 0 aliphatic rings. The number of hydrogen-bond donors (Lipinski definition) is 2. The molecule has 20 heavy (non-hydrogen) atoms. The first-order valence-electron chi connectivity index (χ1n) is 7.70. The molecule has 0 aliphatic carbocycles. The van der Waals surface area contributed by atoms with Gasteiger partial charge in [0.15, 0.2) is 0 Å². The zero-order valence-electron chi connectivity index (χ0n) is 12.7. The Hall–Kier alpha value is -1.51. The first-order valence-corrected chi connectivity index (χ1v) is 7.70. The molecule has 1 aromatic carbocycles. The lowest BCUT2D eigenvalue weighted by Gasteiger charge is -2.07. The zero-order chi connectivity index (χ0) is 14.8. The van der Waals surface area contributed by atoms with Crippen LogP contribution in [0.25, 0.3) is 0 Å². The number of aromatic hydroxyl groups is 1. The van der Waals surface area contributed by atoms with Gasteiger partial charge in [-0.1, -0.05) is 56.7 Å².